The first-order valence-corrected chi connectivity index (χ1v) is 38.7. The molecule has 5 aromatic carbocycles. The third-order valence-corrected chi connectivity index (χ3v) is 16.4. The van der Waals surface area contributed by atoms with Gasteiger partial charge in [0.1, 0.15) is 53.4 Å². The molecule has 1 fully saturated rings. The molecule has 0 bridgehead atoms. The van der Waals surface area contributed by atoms with E-state index in [9.17, 15) is 29.7 Å². The van der Waals surface area contributed by atoms with Crippen LogP contribution in [0, 0.1) is 395 Å². The number of ketones is 1. The molecule has 0 spiro atoms. The Labute approximate surface area is 785 Å². The van der Waals surface area contributed by atoms with Crippen molar-refractivity contribution in [2.75, 3.05) is 6.61 Å². The number of rotatable bonds is 16. The van der Waals surface area contributed by atoms with Gasteiger partial charge in [-0.3, -0.25) is 9.59 Å². The monoisotopic (exact) mass is 1730 g/mol. The summed E-state index contributed by atoms with van der Waals surface area (Å²) in [4.78, 5) is 40.9. The van der Waals surface area contributed by atoms with Crippen LogP contribution < -0.4 is 0 Å². The summed E-state index contributed by atoms with van der Waals surface area (Å²) < 4.78 is 27.9. The maximum Gasteiger partial charge on any atom is 0.417 e. The van der Waals surface area contributed by atoms with E-state index >= 15 is 0 Å². The number of aliphatic hydroxyl groups excluding tert-OH is 3. The number of benzene rings is 5. The number of hydrogen-bond acceptors (Lipinski definition) is 13. The van der Waals surface area contributed by atoms with Gasteiger partial charge >= 0.3 is 6.09 Å². The van der Waals surface area contributed by atoms with Crippen molar-refractivity contribution < 1.29 is 53.0 Å². The number of terminal acetylenes is 1. The van der Waals surface area contributed by atoms with Crippen molar-refractivity contribution in [3.63, 3.8) is 0 Å². The zero-order valence-electron chi connectivity index (χ0n) is 72.7. The fourth-order valence-electron chi connectivity index (χ4n) is 10.1. The minimum absolute atomic E-state index is 0. The first-order valence-electron chi connectivity index (χ1n) is 38.7. The first-order chi connectivity index (χ1) is 64.7. The van der Waals surface area contributed by atoms with Crippen molar-refractivity contribution >= 4 is 17.8 Å². The molecule has 7 aromatic rings. The van der Waals surface area contributed by atoms with Crippen LogP contribution in [0.15, 0.2) is 149 Å². The van der Waals surface area contributed by atoms with Crippen molar-refractivity contribution in [3.8, 4) is 390 Å². The molecule has 0 saturated carbocycles. The van der Waals surface area contributed by atoms with Crippen LogP contribution in [0.1, 0.15) is 111 Å². The zero-order valence-corrected chi connectivity index (χ0v) is 72.7. The van der Waals surface area contributed by atoms with Crippen molar-refractivity contribution in [1.82, 2.24) is 15.2 Å². The van der Waals surface area contributed by atoms with E-state index in [0.29, 0.717) is 11.5 Å². The number of nitrogens with zero attached hydrogens (tertiary/aromatic N) is 3. The molecule has 14 heteroatoms. The largest absolute Gasteiger partial charge is 0.440 e. The van der Waals surface area contributed by atoms with Gasteiger partial charge in [0.05, 0.1) is 13.2 Å². The van der Waals surface area contributed by atoms with E-state index in [-0.39, 0.29) is 32.0 Å². The van der Waals surface area contributed by atoms with E-state index in [4.69, 9.17) is 29.7 Å². The quantitative estimate of drug-likeness (QED) is 0.0774. The number of aliphatic hydroxyl groups is 3. The van der Waals surface area contributed by atoms with Gasteiger partial charge in [-0.1, -0.05) is 162 Å². The summed E-state index contributed by atoms with van der Waals surface area (Å²) >= 11 is 0. The van der Waals surface area contributed by atoms with E-state index < -0.39 is 59.4 Å². The molecule has 5 atom stereocenters. The van der Waals surface area contributed by atoms with Crippen molar-refractivity contribution in [2.45, 2.75) is 118 Å². The molecule has 8 rings (SSSR count). The minimum Gasteiger partial charge on any atom is -0.440 e. The maximum absolute atomic E-state index is 14.3. The average Bonchev–Trinajstić information content (AvgIpc) is 1.57. The number of aryl methyl sites for hydroxylation is 4. The lowest BCUT2D eigenvalue weighted by molar-refractivity contribution is -0.175. The van der Waals surface area contributed by atoms with Crippen molar-refractivity contribution in [3.05, 3.63) is 190 Å². The number of aromatic nitrogens is 2. The molecule has 134 heavy (non-hydrogen) atoms. The van der Waals surface area contributed by atoms with Crippen LogP contribution in [-0.4, -0.2) is 71.7 Å². The van der Waals surface area contributed by atoms with Crippen molar-refractivity contribution in [1.29, 1.82) is 0 Å². The molecule has 1 saturated heterocycles. The Bertz CT molecular complexity index is 7860. The molecule has 628 valence electrons. The summed E-state index contributed by atoms with van der Waals surface area (Å²) in [6.45, 7) is 14.9. The van der Waals surface area contributed by atoms with Crippen molar-refractivity contribution in [2.24, 2.45) is 0 Å². The van der Waals surface area contributed by atoms with Gasteiger partial charge in [-0.15, -0.1) is 6.42 Å². The normalized spacial score (nSPS) is 10.6. The van der Waals surface area contributed by atoms with E-state index in [1.807, 2.05) is 92.7 Å². The number of cyclic esters (lactones) is 1. The smallest absolute Gasteiger partial charge is 0.417 e. The predicted molar refractivity (Wildman–Crippen MR) is 515 cm³/mol. The molecule has 14 nitrogen and oxygen atoms in total. The first kappa shape index (κ1) is 104. The fourth-order valence-corrected chi connectivity index (χ4v) is 10.1. The molecule has 1 aliphatic rings. The van der Waals surface area contributed by atoms with Gasteiger partial charge in [0, 0.05) is 273 Å². The Hall–Kier alpha value is -20.7. The average molecular weight is 1730 g/mol. The van der Waals surface area contributed by atoms with Gasteiger partial charge in [0.25, 0.3) is 5.91 Å². The van der Waals surface area contributed by atoms with Gasteiger partial charge in [-0.2, -0.15) is 0 Å². The molecule has 0 aliphatic carbocycles. The topological polar surface area (TPSA) is 195 Å². The standard InChI is InChI=1S/C63H4.C33H34N2O6.C23H25NO5.CH4/c1-3-5-7-9-11-13-15-17-19-21-23-25-27-29-31-33-35-37-39-41-43-45-47-49-51-53-55-57-59-61-63-62-60-58-56-54-52-50-48-46-44-42-40-38-36-34-32-30-28-26-24-22-20-18-16-14-12-10-8-6-4-2;1-21-11-15-24(16-12-21)25-17-13-23(14-18-25)20-39-33(5,29(36)27-19-22(2)41-34-27)30(37)35-28(26-9-7-6-8-10-26)32(3,4)40-31(35)38;1-15-4-8-18(9-5-15)19-10-6-17(7-11-19)14-28-23(3,21(26)13-25)22(27)20-12-16(2)29-24-20;/h1H,2H3;6-19,28-29,36H,20H2,1-5H3;4-12,22,25,27H,13-14H2,1-3H3;1H4/t;28-,29-,33-;22-,23+;/m.00./s1. The minimum atomic E-state index is -1.91. The van der Waals surface area contributed by atoms with Crippen LogP contribution >= 0.6 is 0 Å². The van der Waals surface area contributed by atoms with Crippen LogP contribution in [0.4, 0.5) is 4.79 Å². The van der Waals surface area contributed by atoms with Gasteiger partial charge in [0.2, 0.25) is 0 Å². The van der Waals surface area contributed by atoms with Gasteiger partial charge < -0.3 is 38.6 Å². The molecular weight excluding hydrogens is 1660 g/mol. The van der Waals surface area contributed by atoms with Crippen LogP contribution in [0.5, 0.6) is 0 Å². The van der Waals surface area contributed by atoms with E-state index in [1.165, 1.54) is 37.1 Å². The molecule has 1 aliphatic heterocycles. The number of ether oxygens (including phenoxy) is 3. The summed E-state index contributed by atoms with van der Waals surface area (Å²) in [5, 5.41) is 39.2. The number of hydrogen-bond donors (Lipinski definition) is 3. The van der Waals surface area contributed by atoms with Crippen LogP contribution in [0.3, 0.4) is 0 Å². The summed E-state index contributed by atoms with van der Waals surface area (Å²) in [6.07, 6.45) is 1.23. The lowest BCUT2D eigenvalue weighted by Crippen LogP contribution is -2.54. The number of imide groups is 1. The van der Waals surface area contributed by atoms with Gasteiger partial charge in [0.15, 0.2) is 17.0 Å². The van der Waals surface area contributed by atoms with Gasteiger partial charge in [-0.05, 0) is 196 Å². The summed E-state index contributed by atoms with van der Waals surface area (Å²) in [5.41, 5.74) is 4.75. The van der Waals surface area contributed by atoms with E-state index in [2.05, 4.69) is 420 Å². The van der Waals surface area contributed by atoms with Gasteiger partial charge in [-0.25, -0.2) is 9.69 Å². The Morgan fingerprint density at radius 3 is 0.888 bits per heavy atom. The molecule has 3 N–H and O–H groups in total. The summed E-state index contributed by atoms with van der Waals surface area (Å²) in [6, 6.07) is 43.6. The predicted octanol–water partition coefficient (Wildman–Crippen LogP) is 11.4. The fraction of sp³-hybridized carbons (Fsp3) is 0.158. The number of amides is 2. The Morgan fingerprint density at radius 1 is 0.396 bits per heavy atom. The molecule has 2 amide bonds. The Morgan fingerprint density at radius 2 is 0.642 bits per heavy atom. The number of Topliss-reactive ketones (excluding diaryl/α,β-unsaturated/α-hetero) is 1. The van der Waals surface area contributed by atoms with E-state index in [0.717, 1.165) is 43.8 Å². The summed E-state index contributed by atoms with van der Waals surface area (Å²) in [7, 11) is 0. The molecule has 2 aromatic heterocycles. The third-order valence-electron chi connectivity index (χ3n) is 16.4. The second-order valence-electron chi connectivity index (χ2n) is 26.3. The lowest BCUT2D eigenvalue weighted by atomic mass is 9.88. The third kappa shape index (κ3) is 39.0. The SMILES string of the molecule is C.C#CC#CC#CC#CC#CC#CC#CC#CC#CC#CC#CC#CC#CC#CC#CC#CC#CC#CC#CC#CC#CC#CC#CC#CC#CC#CC#CC#CC#CC#CC#CC.Cc1ccc(-c2ccc(CO[C@](C)(C(=O)CO)[C@@H](O)c3cc(C)on3)cc2)cc1.Cc1ccc(-c2ccc(CO[C@](C)(C(=O)N3C(=O)OC(C)(C)[C@@H]3c3ccccc3)[C@@H](O)c3cc(C)on3)cc2)cc1. The van der Waals surface area contributed by atoms with Crippen LogP contribution in [0.25, 0.3) is 22.3 Å². The molecular formula is C120H67N3O11. The highest BCUT2D eigenvalue weighted by Crippen LogP contribution is 2.45. The highest BCUT2D eigenvalue weighted by atomic mass is 16.6. The second kappa shape index (κ2) is 60.8. The number of carbonyl (C=O) groups excluding carboxylic acids is 3. The van der Waals surface area contributed by atoms with E-state index in [1.54, 1.807) is 34.6 Å². The maximum atomic E-state index is 14.3. The Kier molecular flexibility index (Phi) is 47.1. The lowest BCUT2D eigenvalue weighted by Gasteiger charge is -2.37. The highest BCUT2D eigenvalue weighted by Gasteiger charge is 2.58. The van der Waals surface area contributed by atoms with Crippen LogP contribution in [-0.2, 0) is 37.0 Å². The second-order valence-corrected chi connectivity index (χ2v) is 26.3. The van der Waals surface area contributed by atoms with Crippen LogP contribution in [0.2, 0.25) is 0 Å². The molecule has 3 heterocycles. The highest BCUT2D eigenvalue weighted by molar-refractivity contribution is 5.99. The Balaban J connectivity index is 0.000000380. The number of carbonyl (C=O) groups is 3. The molecule has 0 radical (unpaired) electrons. The summed E-state index contributed by atoms with van der Waals surface area (Å²) in [5.74, 6) is 151. The molecule has 0 unspecified atom stereocenters. The zero-order chi connectivity index (χ0) is 95.5.